The van der Waals surface area contributed by atoms with Crippen LogP contribution in [0.5, 0.6) is 0 Å². The Labute approximate surface area is 115 Å². The predicted octanol–water partition coefficient (Wildman–Crippen LogP) is 2.13. The van der Waals surface area contributed by atoms with Gasteiger partial charge in [0, 0.05) is 6.54 Å². The Morgan fingerprint density at radius 1 is 1.16 bits per heavy atom. The maximum Gasteiger partial charge on any atom is 0.240 e. The second-order valence-electron chi connectivity index (χ2n) is 5.00. The van der Waals surface area contributed by atoms with Crippen molar-refractivity contribution in [2.24, 2.45) is 0 Å². The summed E-state index contributed by atoms with van der Waals surface area (Å²) >= 11 is 0. The fourth-order valence-corrected chi connectivity index (χ4v) is 2.90. The fraction of sp³-hybridized carbons (Fsp3) is 0.571. The van der Waals surface area contributed by atoms with E-state index in [0.29, 0.717) is 12.8 Å². The van der Waals surface area contributed by atoms with Crippen LogP contribution in [0.15, 0.2) is 23.1 Å². The minimum absolute atomic E-state index is 0.0370. The summed E-state index contributed by atoms with van der Waals surface area (Å²) in [4.78, 5) is 0.241. The molecule has 0 amide bonds. The van der Waals surface area contributed by atoms with Crippen molar-refractivity contribution in [1.82, 2.24) is 4.72 Å². The first kappa shape index (κ1) is 16.1. The van der Waals surface area contributed by atoms with Crippen LogP contribution < -0.4 is 4.72 Å². The van der Waals surface area contributed by atoms with Crippen LogP contribution in [0.25, 0.3) is 0 Å². The van der Waals surface area contributed by atoms with Gasteiger partial charge in [0.05, 0.1) is 10.5 Å². The third kappa shape index (κ3) is 4.03. The number of nitrogens with one attached hydrogen (secondary N) is 1. The maximum atomic E-state index is 12.2. The average Bonchev–Trinajstić information content (AvgIpc) is 2.39. The van der Waals surface area contributed by atoms with Crippen LogP contribution >= 0.6 is 0 Å². The molecular formula is C14H23NO3S. The number of sulfonamides is 1. The van der Waals surface area contributed by atoms with E-state index in [0.717, 1.165) is 11.1 Å². The van der Waals surface area contributed by atoms with Gasteiger partial charge in [0.25, 0.3) is 0 Å². The van der Waals surface area contributed by atoms with Crippen molar-refractivity contribution < 1.29 is 13.5 Å². The number of aryl methyl sites for hydroxylation is 2. The molecule has 0 unspecified atom stereocenters. The van der Waals surface area contributed by atoms with Crippen molar-refractivity contribution in [2.75, 3.05) is 6.54 Å². The summed E-state index contributed by atoms with van der Waals surface area (Å²) in [6.45, 7) is 7.53. The van der Waals surface area contributed by atoms with E-state index in [2.05, 4.69) is 4.72 Å². The number of rotatable bonds is 6. The van der Waals surface area contributed by atoms with E-state index < -0.39 is 15.6 Å². The number of hydrogen-bond donors (Lipinski definition) is 2. The normalized spacial score (nSPS) is 12.7. The minimum atomic E-state index is -3.56. The van der Waals surface area contributed by atoms with Crippen molar-refractivity contribution in [1.29, 1.82) is 0 Å². The highest BCUT2D eigenvalue weighted by molar-refractivity contribution is 7.89. The van der Waals surface area contributed by atoms with Gasteiger partial charge in [0.1, 0.15) is 0 Å². The molecule has 108 valence electrons. The van der Waals surface area contributed by atoms with Gasteiger partial charge in [-0.2, -0.15) is 0 Å². The van der Waals surface area contributed by atoms with Crippen LogP contribution in [0, 0.1) is 13.8 Å². The Morgan fingerprint density at radius 2 is 1.74 bits per heavy atom. The third-order valence-corrected chi connectivity index (χ3v) is 5.10. The number of benzene rings is 1. The second kappa shape index (κ2) is 6.03. The summed E-state index contributed by atoms with van der Waals surface area (Å²) < 4.78 is 26.8. The first-order valence-electron chi connectivity index (χ1n) is 6.53. The van der Waals surface area contributed by atoms with E-state index >= 15 is 0 Å². The Hall–Kier alpha value is -0.910. The zero-order valence-electron chi connectivity index (χ0n) is 12.0. The summed E-state index contributed by atoms with van der Waals surface area (Å²) in [6, 6.07) is 5.02. The van der Waals surface area contributed by atoms with Gasteiger partial charge >= 0.3 is 0 Å². The largest absolute Gasteiger partial charge is 0.389 e. The molecule has 4 nitrogen and oxygen atoms in total. The van der Waals surface area contributed by atoms with Crippen LogP contribution in [0.2, 0.25) is 0 Å². The standard InChI is InChI=1S/C14H23NO3S/c1-5-14(16,6-2)10-15-19(17,18)13-8-7-11(3)12(4)9-13/h7-9,15-16H,5-6,10H2,1-4H3. The monoisotopic (exact) mass is 285 g/mol. The quantitative estimate of drug-likeness (QED) is 0.841. The lowest BCUT2D eigenvalue weighted by molar-refractivity contribution is 0.0377. The molecule has 0 aliphatic heterocycles. The molecule has 0 fully saturated rings. The fourth-order valence-electron chi connectivity index (χ4n) is 1.69. The van der Waals surface area contributed by atoms with Gasteiger partial charge in [-0.1, -0.05) is 19.9 Å². The highest BCUT2D eigenvalue weighted by Gasteiger charge is 2.25. The maximum absolute atomic E-state index is 12.2. The molecule has 0 aromatic heterocycles. The molecule has 1 rings (SSSR count). The van der Waals surface area contributed by atoms with Crippen LogP contribution in [0.3, 0.4) is 0 Å². The number of hydrogen-bond acceptors (Lipinski definition) is 3. The van der Waals surface area contributed by atoms with Crippen molar-refractivity contribution in [3.8, 4) is 0 Å². The highest BCUT2D eigenvalue weighted by Crippen LogP contribution is 2.17. The first-order chi connectivity index (χ1) is 8.74. The highest BCUT2D eigenvalue weighted by atomic mass is 32.2. The Balaban J connectivity index is 2.90. The second-order valence-corrected chi connectivity index (χ2v) is 6.77. The predicted molar refractivity (Wildman–Crippen MR) is 76.6 cm³/mol. The van der Waals surface area contributed by atoms with Gasteiger partial charge in [0.15, 0.2) is 0 Å². The number of aliphatic hydroxyl groups is 1. The average molecular weight is 285 g/mol. The summed E-state index contributed by atoms with van der Waals surface area (Å²) in [5.74, 6) is 0. The lowest BCUT2D eigenvalue weighted by Crippen LogP contribution is -2.41. The zero-order chi connectivity index (χ0) is 14.7. The minimum Gasteiger partial charge on any atom is -0.389 e. The third-order valence-electron chi connectivity index (χ3n) is 3.70. The van der Waals surface area contributed by atoms with Crippen LogP contribution in [-0.4, -0.2) is 25.7 Å². The topological polar surface area (TPSA) is 66.4 Å². The van der Waals surface area contributed by atoms with Gasteiger partial charge < -0.3 is 5.11 Å². The molecule has 0 spiro atoms. The summed E-state index contributed by atoms with van der Waals surface area (Å²) in [5, 5.41) is 10.1. The smallest absolute Gasteiger partial charge is 0.240 e. The Morgan fingerprint density at radius 3 is 2.21 bits per heavy atom. The van der Waals surface area contributed by atoms with Crippen molar-refractivity contribution in [3.05, 3.63) is 29.3 Å². The van der Waals surface area contributed by atoms with Gasteiger partial charge in [-0.15, -0.1) is 0 Å². The van der Waals surface area contributed by atoms with E-state index in [9.17, 15) is 13.5 Å². The van der Waals surface area contributed by atoms with Crippen LogP contribution in [-0.2, 0) is 10.0 Å². The molecular weight excluding hydrogens is 262 g/mol. The lowest BCUT2D eigenvalue weighted by atomic mass is 9.98. The SMILES string of the molecule is CCC(O)(CC)CNS(=O)(=O)c1ccc(C)c(C)c1. The molecule has 2 N–H and O–H groups in total. The van der Waals surface area contributed by atoms with E-state index in [-0.39, 0.29) is 11.4 Å². The van der Waals surface area contributed by atoms with Gasteiger partial charge in [0.2, 0.25) is 10.0 Å². The molecule has 0 bridgehead atoms. The molecule has 19 heavy (non-hydrogen) atoms. The zero-order valence-corrected chi connectivity index (χ0v) is 12.8. The molecule has 0 saturated carbocycles. The molecule has 5 heteroatoms. The Bertz CT molecular complexity index is 534. The van der Waals surface area contributed by atoms with E-state index in [4.69, 9.17) is 0 Å². The summed E-state index contributed by atoms with van der Waals surface area (Å²) in [5.41, 5.74) is 1.01. The van der Waals surface area contributed by atoms with Crippen molar-refractivity contribution in [3.63, 3.8) is 0 Å². The van der Waals surface area contributed by atoms with E-state index in [1.54, 1.807) is 18.2 Å². The van der Waals surface area contributed by atoms with Crippen molar-refractivity contribution in [2.45, 2.75) is 51.0 Å². The van der Waals surface area contributed by atoms with Crippen molar-refractivity contribution >= 4 is 10.0 Å². The van der Waals surface area contributed by atoms with E-state index in [1.165, 1.54) is 0 Å². The van der Waals surface area contributed by atoms with Gasteiger partial charge in [-0.25, -0.2) is 13.1 Å². The molecule has 0 heterocycles. The molecule has 1 aromatic carbocycles. The lowest BCUT2D eigenvalue weighted by Gasteiger charge is -2.25. The first-order valence-corrected chi connectivity index (χ1v) is 8.01. The molecule has 1 aromatic rings. The summed E-state index contributed by atoms with van der Waals surface area (Å²) in [6.07, 6.45) is 1.03. The van der Waals surface area contributed by atoms with Crippen LogP contribution in [0.1, 0.15) is 37.8 Å². The summed E-state index contributed by atoms with van der Waals surface area (Å²) in [7, 11) is -3.56. The molecule has 0 radical (unpaired) electrons. The van der Waals surface area contributed by atoms with Gasteiger partial charge in [-0.3, -0.25) is 0 Å². The molecule has 0 atom stereocenters. The molecule has 0 aliphatic carbocycles. The van der Waals surface area contributed by atoms with Crippen LogP contribution in [0.4, 0.5) is 0 Å². The van der Waals surface area contributed by atoms with E-state index in [1.807, 2.05) is 27.7 Å². The molecule has 0 saturated heterocycles. The van der Waals surface area contributed by atoms with Gasteiger partial charge in [-0.05, 0) is 49.9 Å². The Kier molecular flexibility index (Phi) is 5.12. The molecule has 0 aliphatic rings.